The van der Waals surface area contributed by atoms with Gasteiger partial charge >= 0.3 is 5.97 Å². The van der Waals surface area contributed by atoms with Gasteiger partial charge in [-0.15, -0.1) is 0 Å². The average Bonchev–Trinajstić information content (AvgIpc) is 2.30. The van der Waals surface area contributed by atoms with E-state index in [1.165, 1.54) is 29.4 Å². The zero-order valence-corrected chi connectivity index (χ0v) is 11.1. The first-order valence-electron chi connectivity index (χ1n) is 5.89. The fourth-order valence-electron chi connectivity index (χ4n) is 1.78. The maximum atomic E-state index is 10.9. The first kappa shape index (κ1) is 13.7. The Bertz CT molecular complexity index is 399. The van der Waals surface area contributed by atoms with Crippen molar-refractivity contribution in [2.75, 3.05) is 20.2 Å². The maximum Gasteiger partial charge on any atom is 0.319 e. The fourth-order valence-corrected chi connectivity index (χ4v) is 1.78. The normalized spacial score (nSPS) is 10.4. The van der Waals surface area contributed by atoms with Crippen LogP contribution < -0.4 is 5.32 Å². The molecule has 3 heteroatoms. The fraction of sp³-hybridized carbons (Fsp3) is 0.500. The van der Waals surface area contributed by atoms with Gasteiger partial charge in [0.05, 0.1) is 13.7 Å². The molecule has 0 fully saturated rings. The molecule has 0 aliphatic rings. The number of nitrogens with one attached hydrogen (secondary N) is 1. The summed E-state index contributed by atoms with van der Waals surface area (Å²) in [6.07, 6.45) is 0.934. The number of hydrogen-bond donors (Lipinski definition) is 1. The van der Waals surface area contributed by atoms with Gasteiger partial charge in [0.25, 0.3) is 0 Å². The molecule has 1 rings (SSSR count). The summed E-state index contributed by atoms with van der Waals surface area (Å²) < 4.78 is 4.56. The van der Waals surface area contributed by atoms with E-state index < -0.39 is 0 Å². The van der Waals surface area contributed by atoms with Gasteiger partial charge < -0.3 is 10.1 Å². The van der Waals surface area contributed by atoms with Crippen LogP contribution >= 0.6 is 0 Å². The minimum absolute atomic E-state index is 0.221. The number of hydrogen-bond acceptors (Lipinski definition) is 3. The quantitative estimate of drug-likeness (QED) is 0.626. The van der Waals surface area contributed by atoms with Gasteiger partial charge in [-0.2, -0.15) is 0 Å². The van der Waals surface area contributed by atoms with Crippen LogP contribution in [0.1, 0.15) is 22.3 Å². The number of methoxy groups -OCH3 is 1. The number of benzene rings is 1. The van der Waals surface area contributed by atoms with Gasteiger partial charge in [-0.3, -0.25) is 4.79 Å². The second-order valence-corrected chi connectivity index (χ2v) is 4.37. The summed E-state index contributed by atoms with van der Waals surface area (Å²) in [5, 5.41) is 3.07. The highest BCUT2D eigenvalue weighted by Crippen LogP contribution is 2.15. The number of esters is 1. The summed E-state index contributed by atoms with van der Waals surface area (Å²) in [5.74, 6) is -0.221. The van der Waals surface area contributed by atoms with Crippen molar-refractivity contribution in [2.45, 2.75) is 27.2 Å². The Labute approximate surface area is 103 Å². The molecule has 0 unspecified atom stereocenters. The molecule has 0 spiro atoms. The van der Waals surface area contributed by atoms with E-state index in [1.54, 1.807) is 0 Å². The van der Waals surface area contributed by atoms with Gasteiger partial charge in [0.1, 0.15) is 0 Å². The van der Waals surface area contributed by atoms with Crippen molar-refractivity contribution in [1.29, 1.82) is 0 Å². The van der Waals surface area contributed by atoms with Crippen LogP contribution in [0, 0.1) is 20.8 Å². The maximum absolute atomic E-state index is 10.9. The first-order chi connectivity index (χ1) is 8.04. The smallest absolute Gasteiger partial charge is 0.319 e. The van der Waals surface area contributed by atoms with E-state index in [1.807, 2.05) is 0 Å². The number of ether oxygens (including phenoxy) is 1. The van der Waals surface area contributed by atoms with E-state index in [-0.39, 0.29) is 12.5 Å². The molecule has 1 N–H and O–H groups in total. The van der Waals surface area contributed by atoms with Crippen LogP contribution in [-0.4, -0.2) is 26.2 Å². The lowest BCUT2D eigenvalue weighted by Gasteiger charge is -2.10. The molecule has 0 saturated heterocycles. The summed E-state index contributed by atoms with van der Waals surface area (Å²) >= 11 is 0. The molecular weight excluding hydrogens is 214 g/mol. The highest BCUT2D eigenvalue weighted by atomic mass is 16.5. The summed E-state index contributed by atoms with van der Waals surface area (Å²) in [6, 6.07) is 4.44. The molecule has 0 heterocycles. The predicted octanol–water partition coefficient (Wildman–Crippen LogP) is 1.92. The Morgan fingerprint density at radius 2 is 1.82 bits per heavy atom. The third-order valence-corrected chi connectivity index (χ3v) is 3.02. The lowest BCUT2D eigenvalue weighted by atomic mass is 9.99. The third-order valence-electron chi connectivity index (χ3n) is 3.02. The third kappa shape index (κ3) is 4.19. The molecular formula is C14H21NO2. The molecule has 94 valence electrons. The summed E-state index contributed by atoms with van der Waals surface area (Å²) in [4.78, 5) is 10.9. The van der Waals surface area contributed by atoms with Gasteiger partial charge in [0.2, 0.25) is 0 Å². The van der Waals surface area contributed by atoms with E-state index in [2.05, 4.69) is 43.0 Å². The van der Waals surface area contributed by atoms with Crippen LogP contribution in [0.5, 0.6) is 0 Å². The van der Waals surface area contributed by atoms with Crippen molar-refractivity contribution in [3.8, 4) is 0 Å². The van der Waals surface area contributed by atoms with Crippen molar-refractivity contribution < 1.29 is 9.53 Å². The molecule has 0 amide bonds. The van der Waals surface area contributed by atoms with Crippen molar-refractivity contribution in [1.82, 2.24) is 5.32 Å². The van der Waals surface area contributed by atoms with Crippen molar-refractivity contribution in [2.24, 2.45) is 0 Å². The van der Waals surface area contributed by atoms with Gasteiger partial charge in [-0.25, -0.2) is 0 Å². The van der Waals surface area contributed by atoms with E-state index in [0.717, 1.165) is 13.0 Å². The van der Waals surface area contributed by atoms with Gasteiger partial charge in [-0.1, -0.05) is 12.1 Å². The van der Waals surface area contributed by atoms with E-state index in [4.69, 9.17) is 0 Å². The zero-order valence-electron chi connectivity index (χ0n) is 11.1. The summed E-state index contributed by atoms with van der Waals surface area (Å²) in [7, 11) is 1.40. The van der Waals surface area contributed by atoms with Crippen molar-refractivity contribution in [3.05, 3.63) is 34.4 Å². The summed E-state index contributed by atoms with van der Waals surface area (Å²) in [6.45, 7) is 7.45. The molecule has 0 saturated carbocycles. The van der Waals surface area contributed by atoms with E-state index in [0.29, 0.717) is 0 Å². The topological polar surface area (TPSA) is 38.3 Å². The molecule has 17 heavy (non-hydrogen) atoms. The van der Waals surface area contributed by atoms with Crippen LogP contribution in [0.2, 0.25) is 0 Å². The lowest BCUT2D eigenvalue weighted by molar-refractivity contribution is -0.139. The number of carbonyl (C=O) groups excluding carboxylic acids is 1. The molecule has 1 aromatic carbocycles. The Hall–Kier alpha value is -1.35. The minimum atomic E-state index is -0.221. The summed E-state index contributed by atoms with van der Waals surface area (Å²) in [5.41, 5.74) is 5.30. The molecule has 0 radical (unpaired) electrons. The average molecular weight is 235 g/mol. The van der Waals surface area contributed by atoms with Crippen molar-refractivity contribution >= 4 is 5.97 Å². The monoisotopic (exact) mass is 235 g/mol. The Balaban J connectivity index is 2.47. The predicted molar refractivity (Wildman–Crippen MR) is 69.2 cm³/mol. The van der Waals surface area contributed by atoms with E-state index in [9.17, 15) is 4.79 Å². The SMILES string of the molecule is COC(=O)CNCCc1cc(C)c(C)cc1C. The second-order valence-electron chi connectivity index (χ2n) is 4.37. The molecule has 0 atom stereocenters. The van der Waals surface area contributed by atoms with Crippen LogP contribution in [0.25, 0.3) is 0 Å². The van der Waals surface area contributed by atoms with Gasteiger partial charge in [-0.05, 0) is 56.0 Å². The van der Waals surface area contributed by atoms with Crippen molar-refractivity contribution in [3.63, 3.8) is 0 Å². The highest BCUT2D eigenvalue weighted by Gasteiger charge is 2.03. The Morgan fingerprint density at radius 3 is 2.47 bits per heavy atom. The van der Waals surface area contributed by atoms with Crippen LogP contribution in [0.15, 0.2) is 12.1 Å². The van der Waals surface area contributed by atoms with E-state index >= 15 is 0 Å². The standard InChI is InChI=1S/C14H21NO2/c1-10-7-12(3)13(8-11(10)2)5-6-15-9-14(16)17-4/h7-8,15H,5-6,9H2,1-4H3. The van der Waals surface area contributed by atoms with Crippen LogP contribution in [-0.2, 0) is 16.0 Å². The largest absolute Gasteiger partial charge is 0.468 e. The number of aryl methyl sites for hydroxylation is 3. The Morgan fingerprint density at radius 1 is 1.18 bits per heavy atom. The van der Waals surface area contributed by atoms with Crippen LogP contribution in [0.3, 0.4) is 0 Å². The number of rotatable bonds is 5. The number of carbonyl (C=O) groups is 1. The Kier molecular flexibility index (Phi) is 5.16. The molecule has 0 aliphatic heterocycles. The molecule has 1 aromatic rings. The minimum Gasteiger partial charge on any atom is -0.468 e. The van der Waals surface area contributed by atoms with Gasteiger partial charge in [0, 0.05) is 0 Å². The highest BCUT2D eigenvalue weighted by molar-refractivity contribution is 5.71. The van der Waals surface area contributed by atoms with Crippen LogP contribution in [0.4, 0.5) is 0 Å². The first-order valence-corrected chi connectivity index (χ1v) is 5.89. The lowest BCUT2D eigenvalue weighted by Crippen LogP contribution is -2.26. The second kappa shape index (κ2) is 6.40. The molecule has 0 aliphatic carbocycles. The molecule has 0 bridgehead atoms. The zero-order chi connectivity index (χ0) is 12.8. The van der Waals surface area contributed by atoms with Gasteiger partial charge in [0.15, 0.2) is 0 Å². The molecule has 3 nitrogen and oxygen atoms in total. The molecule has 0 aromatic heterocycles.